The van der Waals surface area contributed by atoms with Gasteiger partial charge in [-0.2, -0.15) is 0 Å². The molecule has 1 aromatic heterocycles. The normalized spacial score (nSPS) is 12.5. The van der Waals surface area contributed by atoms with Crippen LogP contribution in [0, 0.1) is 5.82 Å². The van der Waals surface area contributed by atoms with Crippen molar-refractivity contribution in [1.82, 2.24) is 4.98 Å². The number of sulfone groups is 1. The lowest BCUT2D eigenvalue weighted by Gasteiger charge is -2.10. The van der Waals surface area contributed by atoms with Gasteiger partial charge in [0.1, 0.15) is 28.4 Å². The first-order chi connectivity index (χ1) is 10.8. The van der Waals surface area contributed by atoms with E-state index in [1.54, 1.807) is 6.07 Å². The lowest BCUT2D eigenvalue weighted by Crippen LogP contribution is -2.32. The second kappa shape index (κ2) is 6.74. The molecule has 1 heterocycles. The first-order valence-electron chi connectivity index (χ1n) is 6.65. The van der Waals surface area contributed by atoms with Gasteiger partial charge >= 0.3 is 0 Å². The maximum atomic E-state index is 12.8. The molecule has 1 amide bonds. The topological polar surface area (TPSA) is 85.4 Å². The molecule has 0 saturated heterocycles. The largest absolute Gasteiger partial charge is 0.456 e. The predicted octanol–water partition coefficient (Wildman–Crippen LogP) is 2.38. The third kappa shape index (κ3) is 4.75. The van der Waals surface area contributed by atoms with E-state index < -0.39 is 21.0 Å². The third-order valence-corrected chi connectivity index (χ3v) is 4.55. The highest BCUT2D eigenvalue weighted by molar-refractivity contribution is 7.92. The summed E-state index contributed by atoms with van der Waals surface area (Å²) in [5.41, 5.74) is 0. The first-order valence-corrected chi connectivity index (χ1v) is 8.60. The van der Waals surface area contributed by atoms with Crippen molar-refractivity contribution in [3.05, 3.63) is 48.4 Å². The fraction of sp³-hybridized carbons (Fsp3) is 0.200. The summed E-state index contributed by atoms with van der Waals surface area (Å²) in [6.07, 6.45) is 2.36. The van der Waals surface area contributed by atoms with Crippen LogP contribution in [-0.4, -0.2) is 30.8 Å². The number of pyridine rings is 1. The number of benzene rings is 1. The number of aromatic nitrogens is 1. The first kappa shape index (κ1) is 16.9. The van der Waals surface area contributed by atoms with Gasteiger partial charge in [-0.15, -0.1) is 0 Å². The molecule has 23 heavy (non-hydrogen) atoms. The Hall–Kier alpha value is -2.48. The minimum absolute atomic E-state index is 0.206. The Morgan fingerprint density at radius 2 is 1.78 bits per heavy atom. The van der Waals surface area contributed by atoms with Gasteiger partial charge in [-0.25, -0.2) is 17.8 Å². The molecular formula is C15H15FN2O4S. The van der Waals surface area contributed by atoms with Crippen molar-refractivity contribution in [2.24, 2.45) is 0 Å². The highest BCUT2D eigenvalue weighted by Gasteiger charge is 2.23. The number of halogens is 1. The Labute approximate surface area is 133 Å². The maximum absolute atomic E-state index is 12.8. The van der Waals surface area contributed by atoms with Gasteiger partial charge in [-0.3, -0.25) is 4.79 Å². The third-order valence-electron chi connectivity index (χ3n) is 3.05. The van der Waals surface area contributed by atoms with Gasteiger partial charge < -0.3 is 10.1 Å². The van der Waals surface area contributed by atoms with Gasteiger partial charge in [0.2, 0.25) is 5.91 Å². The number of ether oxygens (including phenoxy) is 1. The highest BCUT2D eigenvalue weighted by Crippen LogP contribution is 2.21. The van der Waals surface area contributed by atoms with E-state index in [1.165, 1.54) is 43.5 Å². The van der Waals surface area contributed by atoms with Crippen LogP contribution in [0.5, 0.6) is 11.5 Å². The zero-order valence-corrected chi connectivity index (χ0v) is 13.3. The van der Waals surface area contributed by atoms with E-state index in [1.807, 2.05) is 0 Å². The number of rotatable bonds is 5. The van der Waals surface area contributed by atoms with E-state index in [4.69, 9.17) is 4.74 Å². The average Bonchev–Trinajstić information content (AvgIpc) is 2.50. The van der Waals surface area contributed by atoms with E-state index >= 15 is 0 Å². The Morgan fingerprint density at radius 3 is 2.30 bits per heavy atom. The van der Waals surface area contributed by atoms with Crippen LogP contribution in [-0.2, 0) is 14.6 Å². The van der Waals surface area contributed by atoms with Crippen molar-refractivity contribution >= 4 is 21.6 Å². The van der Waals surface area contributed by atoms with E-state index in [2.05, 4.69) is 10.3 Å². The van der Waals surface area contributed by atoms with Crippen LogP contribution >= 0.6 is 0 Å². The minimum Gasteiger partial charge on any atom is -0.456 e. The molecule has 1 atom stereocenters. The molecule has 1 unspecified atom stereocenters. The second-order valence-corrected chi connectivity index (χ2v) is 7.26. The van der Waals surface area contributed by atoms with Gasteiger partial charge in [-0.1, -0.05) is 0 Å². The molecule has 8 heteroatoms. The van der Waals surface area contributed by atoms with Gasteiger partial charge in [0.05, 0.1) is 6.20 Å². The lowest BCUT2D eigenvalue weighted by atomic mass is 10.3. The monoisotopic (exact) mass is 338 g/mol. The number of anilines is 1. The van der Waals surface area contributed by atoms with E-state index in [9.17, 15) is 17.6 Å². The summed E-state index contributed by atoms with van der Waals surface area (Å²) in [4.78, 5) is 15.7. The Balaban J connectivity index is 2.02. The quantitative estimate of drug-likeness (QED) is 0.905. The van der Waals surface area contributed by atoms with Gasteiger partial charge in [0.15, 0.2) is 9.84 Å². The van der Waals surface area contributed by atoms with Crippen molar-refractivity contribution < 1.29 is 22.3 Å². The van der Waals surface area contributed by atoms with Crippen LogP contribution < -0.4 is 10.1 Å². The molecule has 122 valence electrons. The number of hydrogen-bond acceptors (Lipinski definition) is 5. The Morgan fingerprint density at radius 1 is 1.17 bits per heavy atom. The van der Waals surface area contributed by atoms with Gasteiger partial charge in [0, 0.05) is 6.26 Å². The van der Waals surface area contributed by atoms with Crippen molar-refractivity contribution in [2.75, 3.05) is 11.6 Å². The Kier molecular flexibility index (Phi) is 4.95. The molecule has 1 N–H and O–H groups in total. The molecule has 2 rings (SSSR count). The second-order valence-electron chi connectivity index (χ2n) is 4.90. The van der Waals surface area contributed by atoms with Crippen LogP contribution in [0.1, 0.15) is 6.92 Å². The molecule has 0 spiro atoms. The van der Waals surface area contributed by atoms with Crippen LogP contribution in [0.15, 0.2) is 42.6 Å². The molecule has 0 radical (unpaired) electrons. The molecule has 0 aliphatic carbocycles. The zero-order chi connectivity index (χ0) is 17.0. The molecule has 2 aromatic rings. The lowest BCUT2D eigenvalue weighted by molar-refractivity contribution is -0.115. The van der Waals surface area contributed by atoms with Crippen molar-refractivity contribution in [3.63, 3.8) is 0 Å². The number of amides is 1. The van der Waals surface area contributed by atoms with Gasteiger partial charge in [-0.05, 0) is 43.3 Å². The highest BCUT2D eigenvalue weighted by atomic mass is 32.2. The molecule has 0 aliphatic heterocycles. The van der Waals surface area contributed by atoms with E-state index in [0.717, 1.165) is 6.26 Å². The number of carbonyl (C=O) groups excluding carboxylic acids is 1. The zero-order valence-electron chi connectivity index (χ0n) is 12.5. The molecule has 6 nitrogen and oxygen atoms in total. The van der Waals surface area contributed by atoms with Crippen molar-refractivity contribution in [3.8, 4) is 11.5 Å². The molecule has 0 aliphatic rings. The van der Waals surface area contributed by atoms with Crippen LogP contribution in [0.2, 0.25) is 0 Å². The molecule has 1 aromatic carbocycles. The summed E-state index contributed by atoms with van der Waals surface area (Å²) in [5, 5.41) is 1.25. The average molecular weight is 338 g/mol. The van der Waals surface area contributed by atoms with Crippen LogP contribution in [0.4, 0.5) is 10.2 Å². The summed E-state index contributed by atoms with van der Waals surface area (Å²) in [7, 11) is -3.47. The molecule has 0 saturated carbocycles. The summed E-state index contributed by atoms with van der Waals surface area (Å²) < 4.78 is 40.9. The molecule has 0 bridgehead atoms. The summed E-state index contributed by atoms with van der Waals surface area (Å²) in [6, 6.07) is 8.51. The Bertz CT molecular complexity index is 789. The number of nitrogens with zero attached hydrogens (tertiary/aromatic N) is 1. The SMILES string of the molecule is CC(C(=O)Nc1ccc(Oc2ccc(F)cc2)cn1)S(C)(=O)=O. The maximum Gasteiger partial charge on any atom is 0.243 e. The van der Waals surface area contributed by atoms with Crippen molar-refractivity contribution in [1.29, 1.82) is 0 Å². The van der Waals surface area contributed by atoms with Crippen LogP contribution in [0.3, 0.4) is 0 Å². The number of carbonyl (C=O) groups is 1. The standard InChI is InChI=1S/C15H15FN2O4S/c1-10(23(2,20)21)15(19)18-14-8-7-13(9-17-14)22-12-5-3-11(16)4-6-12/h3-10H,1-2H3,(H,17,18,19). The summed E-state index contributed by atoms with van der Waals surface area (Å²) in [6.45, 7) is 1.30. The minimum atomic E-state index is -3.47. The predicted molar refractivity (Wildman–Crippen MR) is 83.6 cm³/mol. The number of hydrogen-bond donors (Lipinski definition) is 1. The molecular weight excluding hydrogens is 323 g/mol. The molecule has 0 fully saturated rings. The van der Waals surface area contributed by atoms with Gasteiger partial charge in [0.25, 0.3) is 0 Å². The number of nitrogens with one attached hydrogen (secondary N) is 1. The van der Waals surface area contributed by atoms with Crippen molar-refractivity contribution in [2.45, 2.75) is 12.2 Å². The smallest absolute Gasteiger partial charge is 0.243 e. The summed E-state index contributed by atoms with van der Waals surface area (Å²) >= 11 is 0. The van der Waals surface area contributed by atoms with E-state index in [0.29, 0.717) is 11.5 Å². The fourth-order valence-corrected chi connectivity index (χ4v) is 2.02. The fourth-order valence-electron chi connectivity index (χ4n) is 1.58. The van der Waals surface area contributed by atoms with Crippen LogP contribution in [0.25, 0.3) is 0 Å². The summed E-state index contributed by atoms with van der Waals surface area (Å²) in [5.74, 6) is 0.0131. The van der Waals surface area contributed by atoms with E-state index in [-0.39, 0.29) is 11.6 Å².